The van der Waals surface area contributed by atoms with E-state index < -0.39 is 10.8 Å². The average molecular weight is 291 g/mol. The monoisotopic (exact) mass is 291 g/mol. The molecule has 0 saturated heterocycles. The van der Waals surface area contributed by atoms with Gasteiger partial charge in [-0.25, -0.2) is 0 Å². The van der Waals surface area contributed by atoms with Crippen molar-refractivity contribution in [1.82, 2.24) is 5.16 Å². The van der Waals surface area contributed by atoms with Gasteiger partial charge in [-0.15, -0.1) is 0 Å². The maximum absolute atomic E-state index is 12.2. The summed E-state index contributed by atoms with van der Waals surface area (Å²) in [6, 6.07) is 3.93. The van der Waals surface area contributed by atoms with Crippen molar-refractivity contribution in [2.75, 3.05) is 12.4 Å². The molecule has 21 heavy (non-hydrogen) atoms. The lowest BCUT2D eigenvalue weighted by Crippen LogP contribution is -2.14. The summed E-state index contributed by atoms with van der Waals surface area (Å²) < 4.78 is 9.99. The third-order valence-corrected chi connectivity index (χ3v) is 2.90. The zero-order valence-corrected chi connectivity index (χ0v) is 11.7. The van der Waals surface area contributed by atoms with Crippen molar-refractivity contribution in [2.45, 2.75) is 13.8 Å². The highest BCUT2D eigenvalue weighted by molar-refractivity contribution is 6.06. The summed E-state index contributed by atoms with van der Waals surface area (Å²) in [5.74, 6) is 0.175. The number of nitro benzene ring substituents is 1. The van der Waals surface area contributed by atoms with E-state index in [1.807, 2.05) is 0 Å². The van der Waals surface area contributed by atoms with Gasteiger partial charge in [0.2, 0.25) is 0 Å². The van der Waals surface area contributed by atoms with E-state index in [9.17, 15) is 14.9 Å². The van der Waals surface area contributed by atoms with Gasteiger partial charge in [0.25, 0.3) is 11.6 Å². The van der Waals surface area contributed by atoms with Crippen molar-refractivity contribution in [3.8, 4) is 5.75 Å². The zero-order chi connectivity index (χ0) is 15.6. The van der Waals surface area contributed by atoms with Crippen molar-refractivity contribution in [2.24, 2.45) is 0 Å². The Bertz CT molecular complexity index is 688. The smallest absolute Gasteiger partial charge is 0.273 e. The Morgan fingerprint density at radius 2 is 2.14 bits per heavy atom. The van der Waals surface area contributed by atoms with Crippen LogP contribution in [0.1, 0.15) is 21.8 Å². The first-order valence-corrected chi connectivity index (χ1v) is 6.00. The highest BCUT2D eigenvalue weighted by atomic mass is 16.6. The number of nitrogens with zero attached hydrogens (tertiary/aromatic N) is 2. The van der Waals surface area contributed by atoms with E-state index in [0.29, 0.717) is 22.7 Å². The van der Waals surface area contributed by atoms with Crippen molar-refractivity contribution < 1.29 is 19.0 Å². The highest BCUT2D eigenvalue weighted by Gasteiger charge is 2.20. The van der Waals surface area contributed by atoms with Gasteiger partial charge in [-0.1, -0.05) is 5.16 Å². The van der Waals surface area contributed by atoms with Gasteiger partial charge in [-0.3, -0.25) is 14.9 Å². The molecule has 0 radical (unpaired) electrons. The quantitative estimate of drug-likeness (QED) is 0.684. The predicted molar refractivity (Wildman–Crippen MR) is 73.6 cm³/mol. The van der Waals surface area contributed by atoms with Gasteiger partial charge in [0.15, 0.2) is 0 Å². The van der Waals surface area contributed by atoms with E-state index in [0.717, 1.165) is 0 Å². The standard InChI is InChI=1S/C13H13N3O5/c1-7-12(8(2)21-15-7)13(17)14-10-5-4-9(16(18)19)6-11(10)20-3/h4-6H,1-3H3,(H,14,17). The SMILES string of the molecule is COc1cc([N+](=O)[O-])ccc1NC(=O)c1c(C)noc1C. The lowest BCUT2D eigenvalue weighted by atomic mass is 10.2. The Morgan fingerprint density at radius 1 is 1.43 bits per heavy atom. The van der Waals surface area contributed by atoms with E-state index in [-0.39, 0.29) is 11.4 Å². The summed E-state index contributed by atoms with van der Waals surface area (Å²) in [5, 5.41) is 17.0. The number of hydrogen-bond donors (Lipinski definition) is 1. The predicted octanol–water partition coefficient (Wildman–Crippen LogP) is 2.46. The molecule has 0 fully saturated rings. The molecule has 1 amide bonds. The summed E-state index contributed by atoms with van der Waals surface area (Å²) in [7, 11) is 1.37. The molecule has 110 valence electrons. The summed E-state index contributed by atoms with van der Waals surface area (Å²) in [6.45, 7) is 3.28. The topological polar surface area (TPSA) is 108 Å². The van der Waals surface area contributed by atoms with Crippen LogP contribution in [0, 0.1) is 24.0 Å². The molecule has 1 heterocycles. The first-order chi connectivity index (χ1) is 9.93. The Balaban J connectivity index is 2.31. The van der Waals surface area contributed by atoms with Crippen LogP contribution < -0.4 is 10.1 Å². The van der Waals surface area contributed by atoms with Crippen molar-refractivity contribution >= 4 is 17.3 Å². The largest absolute Gasteiger partial charge is 0.494 e. The van der Waals surface area contributed by atoms with Gasteiger partial charge in [0.1, 0.15) is 17.1 Å². The van der Waals surface area contributed by atoms with Crippen LogP contribution in [0.3, 0.4) is 0 Å². The number of aryl methyl sites for hydroxylation is 2. The molecule has 0 spiro atoms. The second-order valence-corrected chi connectivity index (χ2v) is 4.29. The lowest BCUT2D eigenvalue weighted by molar-refractivity contribution is -0.384. The molecule has 2 aromatic rings. The van der Waals surface area contributed by atoms with Gasteiger partial charge < -0.3 is 14.6 Å². The van der Waals surface area contributed by atoms with Gasteiger partial charge in [-0.2, -0.15) is 0 Å². The number of hydrogen-bond acceptors (Lipinski definition) is 6. The summed E-state index contributed by atoms with van der Waals surface area (Å²) in [6.07, 6.45) is 0. The number of methoxy groups -OCH3 is 1. The summed E-state index contributed by atoms with van der Waals surface area (Å²) in [5.41, 5.74) is 0.997. The minimum absolute atomic E-state index is 0.123. The number of aromatic nitrogens is 1. The van der Waals surface area contributed by atoms with Crippen LogP contribution in [0.15, 0.2) is 22.7 Å². The van der Waals surface area contributed by atoms with Crippen LogP contribution in [0.5, 0.6) is 5.75 Å². The first kappa shape index (κ1) is 14.5. The first-order valence-electron chi connectivity index (χ1n) is 6.00. The number of ether oxygens (including phenoxy) is 1. The van der Waals surface area contributed by atoms with Gasteiger partial charge >= 0.3 is 0 Å². The Morgan fingerprint density at radius 3 is 2.67 bits per heavy atom. The fourth-order valence-corrected chi connectivity index (χ4v) is 1.89. The van der Waals surface area contributed by atoms with Crippen LogP contribution in [-0.2, 0) is 0 Å². The molecule has 0 bridgehead atoms. The minimum Gasteiger partial charge on any atom is -0.494 e. The molecule has 0 aliphatic rings. The fourth-order valence-electron chi connectivity index (χ4n) is 1.89. The number of non-ortho nitro benzene ring substituents is 1. The molecule has 2 rings (SSSR count). The molecule has 0 unspecified atom stereocenters. The van der Waals surface area contributed by atoms with Crippen LogP contribution in [0.2, 0.25) is 0 Å². The van der Waals surface area contributed by atoms with Crippen molar-refractivity contribution in [3.05, 3.63) is 45.3 Å². The highest BCUT2D eigenvalue weighted by Crippen LogP contribution is 2.29. The molecular weight excluding hydrogens is 278 g/mol. The molecule has 0 saturated carbocycles. The fraction of sp³-hybridized carbons (Fsp3) is 0.231. The maximum Gasteiger partial charge on any atom is 0.273 e. The van der Waals surface area contributed by atoms with E-state index >= 15 is 0 Å². The van der Waals surface area contributed by atoms with E-state index in [1.54, 1.807) is 13.8 Å². The molecule has 8 heteroatoms. The number of carbonyl (C=O) groups excluding carboxylic acids is 1. The van der Waals surface area contributed by atoms with E-state index in [2.05, 4.69) is 10.5 Å². The molecule has 0 atom stereocenters. The van der Waals surface area contributed by atoms with E-state index in [1.165, 1.54) is 25.3 Å². The van der Waals surface area contributed by atoms with Crippen molar-refractivity contribution in [1.29, 1.82) is 0 Å². The van der Waals surface area contributed by atoms with Crippen LogP contribution >= 0.6 is 0 Å². The Hall–Kier alpha value is -2.90. The summed E-state index contributed by atoms with van der Waals surface area (Å²) in [4.78, 5) is 22.4. The molecule has 8 nitrogen and oxygen atoms in total. The molecular formula is C13H13N3O5. The number of rotatable bonds is 4. The normalized spacial score (nSPS) is 10.2. The number of anilines is 1. The Labute approximate surface area is 119 Å². The third-order valence-electron chi connectivity index (χ3n) is 2.90. The third kappa shape index (κ3) is 2.83. The second-order valence-electron chi connectivity index (χ2n) is 4.29. The minimum atomic E-state index is -0.539. The van der Waals surface area contributed by atoms with Gasteiger partial charge in [-0.05, 0) is 19.9 Å². The van der Waals surface area contributed by atoms with Gasteiger partial charge in [0.05, 0.1) is 29.5 Å². The maximum atomic E-state index is 12.2. The number of nitrogens with one attached hydrogen (secondary N) is 1. The average Bonchev–Trinajstić information content (AvgIpc) is 2.78. The van der Waals surface area contributed by atoms with Crippen LogP contribution in [0.25, 0.3) is 0 Å². The van der Waals surface area contributed by atoms with Crippen molar-refractivity contribution in [3.63, 3.8) is 0 Å². The lowest BCUT2D eigenvalue weighted by Gasteiger charge is -2.09. The van der Waals surface area contributed by atoms with Crippen LogP contribution in [0.4, 0.5) is 11.4 Å². The molecule has 1 aromatic heterocycles. The molecule has 1 N–H and O–H groups in total. The van der Waals surface area contributed by atoms with Gasteiger partial charge in [0, 0.05) is 6.07 Å². The molecule has 0 aliphatic carbocycles. The van der Waals surface area contributed by atoms with Crippen LogP contribution in [-0.4, -0.2) is 23.1 Å². The molecule has 1 aromatic carbocycles. The summed E-state index contributed by atoms with van der Waals surface area (Å²) >= 11 is 0. The zero-order valence-electron chi connectivity index (χ0n) is 11.7. The second kappa shape index (κ2) is 5.61. The number of amides is 1. The number of benzene rings is 1. The number of carbonyl (C=O) groups is 1. The van der Waals surface area contributed by atoms with E-state index in [4.69, 9.17) is 9.26 Å². The Kier molecular flexibility index (Phi) is 3.88. The number of nitro groups is 1. The molecule has 0 aliphatic heterocycles.